The molecule has 9 nitrogen and oxygen atoms in total. The van der Waals surface area contributed by atoms with E-state index in [-0.39, 0.29) is 5.95 Å². The van der Waals surface area contributed by atoms with E-state index < -0.39 is 10.0 Å². The molecule has 0 aliphatic carbocycles. The fraction of sp³-hybridized carbons (Fsp3) is 0.182. The van der Waals surface area contributed by atoms with Gasteiger partial charge >= 0.3 is 0 Å². The molecule has 10 heteroatoms. The van der Waals surface area contributed by atoms with Crippen molar-refractivity contribution in [2.45, 2.75) is 13.5 Å². The number of anilines is 2. The SMILES string of the molecule is Cc1cccc(-c2cc(-c3cn(Cc4ccccc4N(C)S(C)(=O)=O)nn3)nc(N)n2)c1. The van der Waals surface area contributed by atoms with Crippen LogP contribution in [0.2, 0.25) is 0 Å². The highest BCUT2D eigenvalue weighted by Gasteiger charge is 2.16. The molecule has 0 aliphatic heterocycles. The second-order valence-corrected chi connectivity index (χ2v) is 9.54. The van der Waals surface area contributed by atoms with Crippen LogP contribution >= 0.6 is 0 Å². The van der Waals surface area contributed by atoms with Gasteiger partial charge in [0.25, 0.3) is 0 Å². The van der Waals surface area contributed by atoms with Gasteiger partial charge in [0.2, 0.25) is 16.0 Å². The number of nitrogens with two attached hydrogens (primary N) is 1. The van der Waals surface area contributed by atoms with Crippen LogP contribution in [0.3, 0.4) is 0 Å². The topological polar surface area (TPSA) is 120 Å². The number of para-hydroxylation sites is 1. The highest BCUT2D eigenvalue weighted by Crippen LogP contribution is 2.25. The Kier molecular flexibility index (Phi) is 5.62. The molecule has 0 bridgehead atoms. The summed E-state index contributed by atoms with van der Waals surface area (Å²) in [5, 5.41) is 8.43. The molecular formula is C22H23N7O2S. The van der Waals surface area contributed by atoms with Gasteiger partial charge in [-0.3, -0.25) is 4.31 Å². The summed E-state index contributed by atoms with van der Waals surface area (Å²) in [7, 11) is -1.87. The van der Waals surface area contributed by atoms with Gasteiger partial charge in [0.1, 0.15) is 5.69 Å². The van der Waals surface area contributed by atoms with Gasteiger partial charge < -0.3 is 5.73 Å². The number of aromatic nitrogens is 5. The summed E-state index contributed by atoms with van der Waals surface area (Å²) >= 11 is 0. The summed E-state index contributed by atoms with van der Waals surface area (Å²) in [4.78, 5) is 8.66. The van der Waals surface area contributed by atoms with Crippen molar-refractivity contribution in [2.24, 2.45) is 0 Å². The van der Waals surface area contributed by atoms with Crippen LogP contribution in [-0.4, -0.2) is 46.7 Å². The Morgan fingerprint density at radius 1 is 1.00 bits per heavy atom. The van der Waals surface area contributed by atoms with Crippen LogP contribution in [0.5, 0.6) is 0 Å². The molecule has 0 fully saturated rings. The first-order valence-electron chi connectivity index (χ1n) is 9.84. The van der Waals surface area contributed by atoms with Crippen molar-refractivity contribution in [3.8, 4) is 22.6 Å². The summed E-state index contributed by atoms with van der Waals surface area (Å²) in [6.45, 7) is 2.36. The predicted molar refractivity (Wildman–Crippen MR) is 124 cm³/mol. The maximum Gasteiger partial charge on any atom is 0.232 e. The molecule has 2 N–H and O–H groups in total. The van der Waals surface area contributed by atoms with Crippen LogP contribution in [-0.2, 0) is 16.6 Å². The van der Waals surface area contributed by atoms with Crippen molar-refractivity contribution < 1.29 is 8.42 Å². The molecule has 0 unspecified atom stereocenters. The van der Waals surface area contributed by atoms with E-state index >= 15 is 0 Å². The van der Waals surface area contributed by atoms with E-state index in [1.807, 2.05) is 49.4 Å². The molecule has 4 rings (SSSR count). The lowest BCUT2D eigenvalue weighted by Crippen LogP contribution is -2.26. The molecular weight excluding hydrogens is 426 g/mol. The second-order valence-electron chi connectivity index (χ2n) is 7.53. The van der Waals surface area contributed by atoms with Gasteiger partial charge in [-0.25, -0.2) is 23.1 Å². The van der Waals surface area contributed by atoms with Gasteiger partial charge in [0, 0.05) is 12.6 Å². The highest BCUT2D eigenvalue weighted by atomic mass is 32.2. The van der Waals surface area contributed by atoms with Crippen LogP contribution in [0.25, 0.3) is 22.6 Å². The summed E-state index contributed by atoms with van der Waals surface area (Å²) in [5.41, 5.74) is 11.2. The molecule has 2 heterocycles. The number of benzene rings is 2. The summed E-state index contributed by atoms with van der Waals surface area (Å²) in [6.07, 6.45) is 2.92. The van der Waals surface area contributed by atoms with Gasteiger partial charge in [-0.15, -0.1) is 5.10 Å². The molecule has 164 valence electrons. The summed E-state index contributed by atoms with van der Waals surface area (Å²) in [5.74, 6) is 0.147. The van der Waals surface area contributed by atoms with Crippen LogP contribution in [0.15, 0.2) is 60.8 Å². The van der Waals surface area contributed by atoms with Crippen molar-refractivity contribution in [1.82, 2.24) is 25.0 Å². The van der Waals surface area contributed by atoms with E-state index in [2.05, 4.69) is 20.3 Å². The molecule has 0 amide bonds. The quantitative estimate of drug-likeness (QED) is 0.480. The normalized spacial score (nSPS) is 11.5. The van der Waals surface area contributed by atoms with Crippen LogP contribution in [0.4, 0.5) is 11.6 Å². The summed E-state index contributed by atoms with van der Waals surface area (Å²) < 4.78 is 26.9. The molecule has 0 saturated heterocycles. The lowest BCUT2D eigenvalue weighted by molar-refractivity contribution is 0.599. The van der Waals surface area contributed by atoms with Crippen LogP contribution in [0.1, 0.15) is 11.1 Å². The van der Waals surface area contributed by atoms with E-state index in [4.69, 9.17) is 5.73 Å². The second kappa shape index (κ2) is 8.39. The van der Waals surface area contributed by atoms with Crippen molar-refractivity contribution in [2.75, 3.05) is 23.3 Å². The highest BCUT2D eigenvalue weighted by molar-refractivity contribution is 7.92. The molecule has 0 radical (unpaired) electrons. The minimum atomic E-state index is -3.39. The van der Waals surface area contributed by atoms with Crippen molar-refractivity contribution in [3.05, 3.63) is 71.9 Å². The molecule has 2 aromatic heterocycles. The zero-order valence-electron chi connectivity index (χ0n) is 18.0. The Labute approximate surface area is 186 Å². The lowest BCUT2D eigenvalue weighted by Gasteiger charge is -2.20. The number of hydrogen-bond donors (Lipinski definition) is 1. The minimum absolute atomic E-state index is 0.147. The minimum Gasteiger partial charge on any atom is -0.368 e. The lowest BCUT2D eigenvalue weighted by atomic mass is 10.1. The Balaban J connectivity index is 1.65. The molecule has 2 aromatic carbocycles. The molecule has 0 atom stereocenters. The third-order valence-corrected chi connectivity index (χ3v) is 6.21. The van der Waals surface area contributed by atoms with Crippen molar-refractivity contribution in [1.29, 1.82) is 0 Å². The Hall–Kier alpha value is -3.79. The summed E-state index contributed by atoms with van der Waals surface area (Å²) in [6, 6.07) is 17.1. The van der Waals surface area contributed by atoms with E-state index in [1.54, 1.807) is 23.0 Å². The van der Waals surface area contributed by atoms with E-state index in [1.165, 1.54) is 17.6 Å². The Morgan fingerprint density at radius 2 is 1.75 bits per heavy atom. The number of nitrogen functional groups attached to an aromatic ring is 1. The fourth-order valence-electron chi connectivity index (χ4n) is 3.35. The fourth-order valence-corrected chi connectivity index (χ4v) is 3.88. The van der Waals surface area contributed by atoms with Crippen molar-refractivity contribution in [3.63, 3.8) is 0 Å². The Morgan fingerprint density at radius 3 is 2.50 bits per heavy atom. The predicted octanol–water partition coefficient (Wildman–Crippen LogP) is 2.74. The van der Waals surface area contributed by atoms with Crippen molar-refractivity contribution >= 4 is 21.7 Å². The largest absolute Gasteiger partial charge is 0.368 e. The molecule has 0 saturated carbocycles. The zero-order valence-corrected chi connectivity index (χ0v) is 18.8. The average molecular weight is 450 g/mol. The molecule has 32 heavy (non-hydrogen) atoms. The maximum atomic E-state index is 12.0. The van der Waals surface area contributed by atoms with E-state index in [0.29, 0.717) is 29.3 Å². The number of hydrogen-bond acceptors (Lipinski definition) is 7. The number of sulfonamides is 1. The molecule has 0 spiro atoms. The first-order valence-corrected chi connectivity index (χ1v) is 11.7. The average Bonchev–Trinajstić information content (AvgIpc) is 3.21. The van der Waals surface area contributed by atoms with Gasteiger partial charge in [0.15, 0.2) is 0 Å². The number of rotatable bonds is 6. The van der Waals surface area contributed by atoms with E-state index in [0.717, 1.165) is 16.7 Å². The smallest absolute Gasteiger partial charge is 0.232 e. The van der Waals surface area contributed by atoms with Gasteiger partial charge in [0.05, 0.1) is 36.1 Å². The molecule has 0 aliphatic rings. The first-order chi connectivity index (χ1) is 15.2. The third-order valence-electron chi connectivity index (χ3n) is 5.02. The van der Waals surface area contributed by atoms with E-state index in [9.17, 15) is 8.42 Å². The zero-order chi connectivity index (χ0) is 22.9. The maximum absolute atomic E-state index is 12.0. The standard InChI is InChI=1S/C22H23N7O2S/c1-15-7-6-9-16(11-15)18-12-19(25-22(23)24-18)20-14-29(27-26-20)13-17-8-4-5-10-21(17)28(2)32(3,30)31/h4-12,14H,13H2,1-3H3,(H2,23,24,25). The monoisotopic (exact) mass is 449 g/mol. The van der Waals surface area contributed by atoms with Crippen LogP contribution < -0.4 is 10.0 Å². The van der Waals surface area contributed by atoms with Gasteiger partial charge in [-0.05, 0) is 30.7 Å². The number of aryl methyl sites for hydroxylation is 1. The first kappa shape index (κ1) is 21.4. The Bertz CT molecular complexity index is 1380. The van der Waals surface area contributed by atoms with Gasteiger partial charge in [-0.1, -0.05) is 47.2 Å². The van der Waals surface area contributed by atoms with Gasteiger partial charge in [-0.2, -0.15) is 0 Å². The number of nitrogens with zero attached hydrogens (tertiary/aromatic N) is 6. The third kappa shape index (κ3) is 4.59. The molecule has 4 aromatic rings. The van der Waals surface area contributed by atoms with Crippen LogP contribution in [0, 0.1) is 6.92 Å².